The van der Waals surface area contributed by atoms with Crippen LogP contribution in [0.15, 0.2) is 61.2 Å². The molecule has 0 atom stereocenters. The van der Waals surface area contributed by atoms with Crippen LogP contribution in [0.4, 0.5) is 0 Å². The molecule has 5 heteroatoms. The van der Waals surface area contributed by atoms with E-state index in [9.17, 15) is 0 Å². The van der Waals surface area contributed by atoms with Crippen LogP contribution in [0.5, 0.6) is 0 Å². The van der Waals surface area contributed by atoms with Crippen molar-refractivity contribution in [3.8, 4) is 0 Å². The monoisotopic (exact) mass is 326 g/mol. The van der Waals surface area contributed by atoms with E-state index in [0.717, 1.165) is 41.6 Å². The predicted octanol–water partition coefficient (Wildman–Crippen LogP) is 3.67. The van der Waals surface area contributed by atoms with Gasteiger partial charge in [0.05, 0.1) is 17.7 Å². The predicted molar refractivity (Wildman–Crippen MR) is 91.8 cm³/mol. The number of hydrogen-bond acceptors (Lipinski definition) is 3. The molecule has 0 spiro atoms. The number of benzene rings is 1. The second-order valence-corrected chi connectivity index (χ2v) is 5.96. The maximum absolute atomic E-state index is 6.32. The number of halogens is 1. The van der Waals surface area contributed by atoms with Gasteiger partial charge in [-0.1, -0.05) is 35.9 Å². The molecule has 0 bridgehead atoms. The van der Waals surface area contributed by atoms with Crippen molar-refractivity contribution in [2.24, 2.45) is 7.05 Å². The van der Waals surface area contributed by atoms with Gasteiger partial charge in [-0.2, -0.15) is 0 Å². The topological polar surface area (TPSA) is 34.0 Å². The maximum Gasteiger partial charge on any atom is 0.0945 e. The Hall–Kier alpha value is -2.17. The van der Waals surface area contributed by atoms with Crippen molar-refractivity contribution in [3.63, 3.8) is 0 Å². The van der Waals surface area contributed by atoms with Crippen molar-refractivity contribution >= 4 is 11.6 Å². The van der Waals surface area contributed by atoms with E-state index >= 15 is 0 Å². The van der Waals surface area contributed by atoms with Gasteiger partial charge in [0.2, 0.25) is 0 Å². The van der Waals surface area contributed by atoms with Crippen molar-refractivity contribution in [1.82, 2.24) is 19.4 Å². The molecular formula is C18H19ClN4. The van der Waals surface area contributed by atoms with Crippen LogP contribution in [0.3, 0.4) is 0 Å². The van der Waals surface area contributed by atoms with Crippen molar-refractivity contribution in [2.45, 2.75) is 19.6 Å². The fraction of sp³-hybridized carbons (Fsp3) is 0.222. The standard InChI is InChI=1S/C18H19ClN4/c1-22-14-20-10-17(22)13-23(12-16-7-4-5-9-21-16)11-15-6-2-3-8-18(15)19/h2-10,14H,11-13H2,1H3. The van der Waals surface area contributed by atoms with E-state index in [1.165, 1.54) is 0 Å². The SMILES string of the molecule is Cn1cncc1CN(Cc1ccccn1)Cc1ccccc1Cl. The van der Waals surface area contributed by atoms with Crippen molar-refractivity contribution in [3.05, 3.63) is 83.2 Å². The van der Waals surface area contributed by atoms with Gasteiger partial charge in [0.25, 0.3) is 0 Å². The highest BCUT2D eigenvalue weighted by molar-refractivity contribution is 6.31. The fourth-order valence-electron chi connectivity index (χ4n) is 2.52. The summed E-state index contributed by atoms with van der Waals surface area (Å²) < 4.78 is 2.04. The lowest BCUT2D eigenvalue weighted by Gasteiger charge is -2.22. The van der Waals surface area contributed by atoms with Crippen LogP contribution in [0.2, 0.25) is 5.02 Å². The number of rotatable bonds is 6. The Bertz CT molecular complexity index is 754. The van der Waals surface area contributed by atoms with E-state index in [-0.39, 0.29) is 0 Å². The average molecular weight is 327 g/mol. The number of imidazole rings is 1. The van der Waals surface area contributed by atoms with Gasteiger partial charge >= 0.3 is 0 Å². The van der Waals surface area contributed by atoms with E-state index in [1.54, 1.807) is 0 Å². The number of aromatic nitrogens is 3. The van der Waals surface area contributed by atoms with E-state index in [2.05, 4.69) is 20.9 Å². The molecule has 0 aliphatic heterocycles. The van der Waals surface area contributed by atoms with Crippen LogP contribution in [0, 0.1) is 0 Å². The minimum absolute atomic E-state index is 0.761. The van der Waals surface area contributed by atoms with Crippen molar-refractivity contribution in [2.75, 3.05) is 0 Å². The van der Waals surface area contributed by atoms with Crippen LogP contribution in [-0.4, -0.2) is 19.4 Å². The van der Waals surface area contributed by atoms with E-state index in [4.69, 9.17) is 11.6 Å². The molecule has 3 aromatic rings. The Kier molecular flexibility index (Phi) is 5.05. The summed E-state index contributed by atoms with van der Waals surface area (Å²) in [6.45, 7) is 2.32. The van der Waals surface area contributed by atoms with Crippen LogP contribution in [-0.2, 0) is 26.7 Å². The first kappa shape index (κ1) is 15.7. The zero-order chi connectivity index (χ0) is 16.1. The summed E-state index contributed by atoms with van der Waals surface area (Å²) in [6.07, 6.45) is 5.55. The normalized spacial score (nSPS) is 11.1. The molecule has 2 heterocycles. The third kappa shape index (κ3) is 4.18. The highest BCUT2D eigenvalue weighted by atomic mass is 35.5. The minimum atomic E-state index is 0.761. The number of pyridine rings is 1. The third-order valence-corrected chi connectivity index (χ3v) is 4.13. The molecule has 23 heavy (non-hydrogen) atoms. The highest BCUT2D eigenvalue weighted by Crippen LogP contribution is 2.19. The Morgan fingerprint density at radius 2 is 1.87 bits per heavy atom. The molecule has 0 fully saturated rings. The second kappa shape index (κ2) is 7.40. The molecule has 0 unspecified atom stereocenters. The molecule has 0 aliphatic rings. The lowest BCUT2D eigenvalue weighted by atomic mass is 10.2. The first-order valence-electron chi connectivity index (χ1n) is 7.53. The van der Waals surface area contributed by atoms with Gasteiger partial charge in [0, 0.05) is 44.1 Å². The molecule has 3 rings (SSSR count). The smallest absolute Gasteiger partial charge is 0.0945 e. The first-order chi connectivity index (χ1) is 11.2. The Morgan fingerprint density at radius 3 is 2.57 bits per heavy atom. The van der Waals surface area contributed by atoms with E-state index in [1.807, 2.05) is 66.7 Å². The van der Waals surface area contributed by atoms with Gasteiger partial charge in [-0.15, -0.1) is 0 Å². The van der Waals surface area contributed by atoms with Crippen molar-refractivity contribution in [1.29, 1.82) is 0 Å². The summed E-state index contributed by atoms with van der Waals surface area (Å²) >= 11 is 6.32. The summed E-state index contributed by atoms with van der Waals surface area (Å²) in [7, 11) is 2.01. The fourth-order valence-corrected chi connectivity index (χ4v) is 2.72. The molecule has 0 aliphatic carbocycles. The number of aryl methyl sites for hydroxylation is 1. The van der Waals surface area contributed by atoms with E-state index in [0.29, 0.717) is 0 Å². The van der Waals surface area contributed by atoms with Gasteiger partial charge in [0.1, 0.15) is 0 Å². The maximum atomic E-state index is 6.32. The lowest BCUT2D eigenvalue weighted by Crippen LogP contribution is -2.24. The molecule has 4 nitrogen and oxygen atoms in total. The molecule has 0 saturated heterocycles. The van der Waals surface area contributed by atoms with E-state index < -0.39 is 0 Å². The number of hydrogen-bond donors (Lipinski definition) is 0. The van der Waals surface area contributed by atoms with Gasteiger partial charge in [0.15, 0.2) is 0 Å². The second-order valence-electron chi connectivity index (χ2n) is 5.55. The quantitative estimate of drug-likeness (QED) is 0.693. The van der Waals surface area contributed by atoms with Gasteiger partial charge in [-0.25, -0.2) is 4.98 Å². The first-order valence-corrected chi connectivity index (χ1v) is 7.91. The molecule has 0 amide bonds. The molecule has 0 saturated carbocycles. The Labute approximate surface area is 141 Å². The molecule has 0 radical (unpaired) electrons. The Morgan fingerprint density at radius 1 is 1.04 bits per heavy atom. The molecule has 118 valence electrons. The van der Waals surface area contributed by atoms with Crippen LogP contribution in [0.25, 0.3) is 0 Å². The van der Waals surface area contributed by atoms with Crippen LogP contribution < -0.4 is 0 Å². The summed E-state index contributed by atoms with van der Waals surface area (Å²) in [5.74, 6) is 0. The molecule has 2 aromatic heterocycles. The highest BCUT2D eigenvalue weighted by Gasteiger charge is 2.12. The zero-order valence-electron chi connectivity index (χ0n) is 13.1. The molecular weight excluding hydrogens is 308 g/mol. The zero-order valence-corrected chi connectivity index (χ0v) is 13.8. The Balaban J connectivity index is 1.81. The summed E-state index contributed by atoms with van der Waals surface area (Å²) in [5.41, 5.74) is 3.32. The third-order valence-electron chi connectivity index (χ3n) is 3.77. The summed E-state index contributed by atoms with van der Waals surface area (Å²) in [5, 5.41) is 0.795. The van der Waals surface area contributed by atoms with Gasteiger partial charge in [-0.3, -0.25) is 9.88 Å². The van der Waals surface area contributed by atoms with Crippen LogP contribution in [0.1, 0.15) is 17.0 Å². The van der Waals surface area contributed by atoms with Gasteiger partial charge < -0.3 is 4.57 Å². The molecule has 1 aromatic carbocycles. The van der Waals surface area contributed by atoms with Crippen molar-refractivity contribution < 1.29 is 0 Å². The minimum Gasteiger partial charge on any atom is -0.337 e. The largest absolute Gasteiger partial charge is 0.337 e. The summed E-state index contributed by atoms with van der Waals surface area (Å²) in [4.78, 5) is 11.0. The lowest BCUT2D eigenvalue weighted by molar-refractivity contribution is 0.239. The molecule has 0 N–H and O–H groups in total. The number of nitrogens with zero attached hydrogens (tertiary/aromatic N) is 4. The van der Waals surface area contributed by atoms with Crippen LogP contribution >= 0.6 is 11.6 Å². The average Bonchev–Trinajstić information content (AvgIpc) is 2.96. The van der Waals surface area contributed by atoms with Gasteiger partial charge in [-0.05, 0) is 23.8 Å². The summed E-state index contributed by atoms with van der Waals surface area (Å²) in [6, 6.07) is 14.0.